The van der Waals surface area contributed by atoms with Crippen molar-refractivity contribution in [2.75, 3.05) is 13.7 Å². The minimum atomic E-state index is -1.04. The van der Waals surface area contributed by atoms with Gasteiger partial charge in [0.25, 0.3) is 0 Å². The van der Waals surface area contributed by atoms with Crippen LogP contribution in [0.1, 0.15) is 40.7 Å². The van der Waals surface area contributed by atoms with Crippen LogP contribution < -0.4 is 14.8 Å². The Bertz CT molecular complexity index is 1530. The van der Waals surface area contributed by atoms with Crippen molar-refractivity contribution in [3.05, 3.63) is 113 Å². The van der Waals surface area contributed by atoms with Crippen LogP contribution in [0.15, 0.2) is 89.0 Å². The lowest BCUT2D eigenvalue weighted by Gasteiger charge is -2.18. The van der Waals surface area contributed by atoms with Crippen molar-refractivity contribution in [2.24, 2.45) is 0 Å². The second kappa shape index (κ2) is 14.1. The van der Waals surface area contributed by atoms with Gasteiger partial charge < -0.3 is 24.3 Å². The van der Waals surface area contributed by atoms with Crippen molar-refractivity contribution in [3.63, 3.8) is 0 Å². The van der Waals surface area contributed by atoms with E-state index in [1.54, 1.807) is 19.2 Å². The van der Waals surface area contributed by atoms with E-state index in [0.29, 0.717) is 42.3 Å². The zero-order valence-electron chi connectivity index (χ0n) is 23.7. The number of methoxy groups -OCH3 is 1. The first-order chi connectivity index (χ1) is 20.2. The lowest BCUT2D eigenvalue weighted by molar-refractivity contribution is -0.139. The Morgan fingerprint density at radius 1 is 1.02 bits per heavy atom. The maximum atomic E-state index is 13.2. The van der Waals surface area contributed by atoms with E-state index in [1.807, 2.05) is 50.2 Å². The van der Waals surface area contributed by atoms with Gasteiger partial charge in [-0.05, 0) is 79.6 Å². The van der Waals surface area contributed by atoms with Crippen LogP contribution in [-0.4, -0.2) is 41.6 Å². The number of rotatable bonds is 14. The number of nitrogens with one attached hydrogen (secondary N) is 1. The maximum absolute atomic E-state index is 13.2. The number of carbonyl (C=O) groups excluding carboxylic acids is 1. The highest BCUT2D eigenvalue weighted by atomic mass is 19.1. The predicted molar refractivity (Wildman–Crippen MR) is 156 cm³/mol. The van der Waals surface area contributed by atoms with Crippen LogP contribution in [-0.2, 0) is 17.6 Å². The molecule has 0 fully saturated rings. The minimum absolute atomic E-state index is 0.198. The third-order valence-corrected chi connectivity index (χ3v) is 6.67. The van der Waals surface area contributed by atoms with E-state index in [2.05, 4.69) is 10.3 Å². The highest BCUT2D eigenvalue weighted by Gasteiger charge is 2.19. The lowest BCUT2D eigenvalue weighted by atomic mass is 10.0. The van der Waals surface area contributed by atoms with Crippen LogP contribution in [0.4, 0.5) is 4.39 Å². The van der Waals surface area contributed by atoms with Gasteiger partial charge in [-0.2, -0.15) is 0 Å². The molecular weight excluding hydrogens is 539 g/mol. The molecule has 0 aliphatic carbocycles. The quantitative estimate of drug-likeness (QED) is 0.136. The number of hydrogen-bond acceptors (Lipinski definition) is 7. The second-order valence-corrected chi connectivity index (χ2v) is 9.63. The number of carboxylic acids is 1. The van der Waals surface area contributed by atoms with Gasteiger partial charge in [0.2, 0.25) is 5.89 Å². The Labute approximate surface area is 243 Å². The molecule has 0 saturated heterocycles. The van der Waals surface area contributed by atoms with Crippen LogP contribution in [0.25, 0.3) is 11.5 Å². The molecule has 42 heavy (non-hydrogen) atoms. The van der Waals surface area contributed by atoms with Crippen LogP contribution in [0.2, 0.25) is 0 Å². The van der Waals surface area contributed by atoms with Crippen molar-refractivity contribution in [1.82, 2.24) is 10.3 Å². The summed E-state index contributed by atoms with van der Waals surface area (Å²) in [6.07, 6.45) is 2.54. The number of allylic oxidation sites excluding steroid dienone is 2. The molecule has 9 heteroatoms. The summed E-state index contributed by atoms with van der Waals surface area (Å²) in [5, 5.41) is 12.8. The van der Waals surface area contributed by atoms with E-state index in [4.69, 9.17) is 13.9 Å². The molecule has 2 N–H and O–H groups in total. The van der Waals surface area contributed by atoms with Crippen LogP contribution in [0.3, 0.4) is 0 Å². The van der Waals surface area contributed by atoms with Gasteiger partial charge in [-0.25, -0.2) is 14.2 Å². The normalized spacial score (nSPS) is 12.0. The molecule has 4 aromatic rings. The highest BCUT2D eigenvalue weighted by Crippen LogP contribution is 2.24. The summed E-state index contributed by atoms with van der Waals surface area (Å²) in [5.41, 5.74) is 3.26. The van der Waals surface area contributed by atoms with Crippen LogP contribution >= 0.6 is 0 Å². The Balaban J connectivity index is 1.32. The summed E-state index contributed by atoms with van der Waals surface area (Å²) in [4.78, 5) is 29.1. The van der Waals surface area contributed by atoms with E-state index in [1.165, 1.54) is 30.3 Å². The molecule has 0 bridgehead atoms. The first-order valence-electron chi connectivity index (χ1n) is 13.6. The van der Waals surface area contributed by atoms with Crippen molar-refractivity contribution in [1.29, 1.82) is 0 Å². The molecule has 0 saturated carbocycles. The molecule has 1 heterocycles. The first-order valence-corrected chi connectivity index (χ1v) is 13.6. The number of ether oxygens (including phenoxy) is 2. The standard InChI is InChI=1S/C33H33FN2O6/c1-4-26(20-31(37)23-7-11-25(34)12-8-23)35-30(33(38)39)19-22-5-13-28(14-6-22)41-18-17-29-21(2)42-32(36-29)24-9-15-27(40-3)16-10-24/h5-16,20,30,35H,4,17-19H2,1-3H3,(H,38,39)/t30-/m0/s1. The molecule has 3 aromatic carbocycles. The van der Waals surface area contributed by atoms with Crippen molar-refractivity contribution < 1.29 is 33.0 Å². The second-order valence-electron chi connectivity index (χ2n) is 9.63. The molecule has 8 nitrogen and oxygen atoms in total. The summed E-state index contributed by atoms with van der Waals surface area (Å²) in [7, 11) is 1.62. The van der Waals surface area contributed by atoms with E-state index < -0.39 is 17.8 Å². The summed E-state index contributed by atoms with van der Waals surface area (Å²) < 4.78 is 30.1. The molecule has 0 amide bonds. The summed E-state index contributed by atoms with van der Waals surface area (Å²) >= 11 is 0. The zero-order valence-corrected chi connectivity index (χ0v) is 23.7. The average Bonchev–Trinajstić information content (AvgIpc) is 3.37. The third-order valence-electron chi connectivity index (χ3n) is 6.67. The van der Waals surface area contributed by atoms with Gasteiger partial charge in [0.15, 0.2) is 5.78 Å². The Kier molecular flexibility index (Phi) is 10.1. The number of aromatic nitrogens is 1. The van der Waals surface area contributed by atoms with E-state index >= 15 is 0 Å². The average molecular weight is 573 g/mol. The Hall–Kier alpha value is -4.92. The molecule has 1 aromatic heterocycles. The number of halogens is 1. The number of ketones is 1. The van der Waals surface area contributed by atoms with Crippen molar-refractivity contribution in [3.8, 4) is 23.0 Å². The first kappa shape index (κ1) is 30.0. The van der Waals surface area contributed by atoms with Gasteiger partial charge in [-0.1, -0.05) is 19.1 Å². The van der Waals surface area contributed by atoms with Gasteiger partial charge in [0.1, 0.15) is 29.1 Å². The van der Waals surface area contributed by atoms with Crippen molar-refractivity contribution in [2.45, 2.75) is 39.2 Å². The zero-order chi connectivity index (χ0) is 30.1. The number of oxazole rings is 1. The summed E-state index contributed by atoms with van der Waals surface area (Å²) in [6, 6.07) is 19.0. The predicted octanol–water partition coefficient (Wildman–Crippen LogP) is 6.18. The maximum Gasteiger partial charge on any atom is 0.326 e. The Morgan fingerprint density at radius 2 is 1.69 bits per heavy atom. The van der Waals surface area contributed by atoms with Gasteiger partial charge in [-0.3, -0.25) is 4.79 Å². The third kappa shape index (κ3) is 8.06. The summed E-state index contributed by atoms with van der Waals surface area (Å²) in [5.74, 6) is 0.867. The van der Waals surface area contributed by atoms with Gasteiger partial charge in [0, 0.05) is 35.7 Å². The molecule has 0 aliphatic rings. The smallest absolute Gasteiger partial charge is 0.326 e. The number of carbonyl (C=O) groups is 2. The largest absolute Gasteiger partial charge is 0.497 e. The molecule has 218 valence electrons. The number of nitrogens with zero attached hydrogens (tertiary/aromatic N) is 1. The molecule has 0 spiro atoms. The number of hydrogen-bond donors (Lipinski definition) is 2. The molecular formula is C33H33FN2O6. The van der Waals surface area contributed by atoms with E-state index in [9.17, 15) is 19.1 Å². The summed E-state index contributed by atoms with van der Waals surface area (Å²) in [6.45, 7) is 4.08. The van der Waals surface area contributed by atoms with Crippen LogP contribution in [0.5, 0.6) is 11.5 Å². The molecule has 0 unspecified atom stereocenters. The lowest BCUT2D eigenvalue weighted by Crippen LogP contribution is -2.38. The van der Waals surface area contributed by atoms with Gasteiger partial charge in [-0.15, -0.1) is 0 Å². The van der Waals surface area contributed by atoms with E-state index in [-0.39, 0.29) is 12.2 Å². The van der Waals surface area contributed by atoms with E-state index in [0.717, 1.165) is 28.3 Å². The fraction of sp³-hybridized carbons (Fsp3) is 0.242. The fourth-order valence-corrected chi connectivity index (χ4v) is 4.27. The number of benzene rings is 3. The number of aliphatic carboxylic acids is 1. The van der Waals surface area contributed by atoms with Gasteiger partial charge in [0.05, 0.1) is 19.4 Å². The monoisotopic (exact) mass is 572 g/mol. The number of aryl methyl sites for hydroxylation is 1. The fourth-order valence-electron chi connectivity index (χ4n) is 4.27. The number of carboxylic acid groups (broad SMARTS) is 1. The Morgan fingerprint density at radius 3 is 2.31 bits per heavy atom. The molecule has 0 radical (unpaired) electrons. The van der Waals surface area contributed by atoms with Crippen LogP contribution in [0, 0.1) is 12.7 Å². The topological polar surface area (TPSA) is 111 Å². The molecule has 4 rings (SSSR count). The minimum Gasteiger partial charge on any atom is -0.497 e. The molecule has 1 atom stereocenters. The van der Waals surface area contributed by atoms with Crippen molar-refractivity contribution >= 4 is 11.8 Å². The SMILES string of the molecule is CCC(=CC(=O)c1ccc(F)cc1)N[C@@H](Cc1ccc(OCCc2nc(-c3ccc(OC)cc3)oc2C)cc1)C(=O)O. The molecule has 0 aliphatic heterocycles. The van der Waals surface area contributed by atoms with Gasteiger partial charge >= 0.3 is 5.97 Å². The highest BCUT2D eigenvalue weighted by molar-refractivity contribution is 6.04.